The van der Waals surface area contributed by atoms with Crippen molar-refractivity contribution in [2.45, 2.75) is 6.54 Å². The number of aromatic nitrogens is 3. The summed E-state index contributed by atoms with van der Waals surface area (Å²) in [7, 11) is 0. The summed E-state index contributed by atoms with van der Waals surface area (Å²) in [5, 5.41) is 14.9. The van der Waals surface area contributed by atoms with Gasteiger partial charge in [0.25, 0.3) is 11.2 Å². The number of halogens is 1. The first kappa shape index (κ1) is 13.3. The van der Waals surface area contributed by atoms with Crippen LogP contribution in [0.3, 0.4) is 0 Å². The number of benzene rings is 1. The molecule has 0 radical (unpaired) electrons. The minimum Gasteiger partial charge on any atom is -0.308 e. The smallest absolute Gasteiger partial charge is 0.288 e. The fourth-order valence-electron chi connectivity index (χ4n) is 2.08. The first-order valence-electron chi connectivity index (χ1n) is 6.02. The van der Waals surface area contributed by atoms with Crippen LogP contribution in [0.25, 0.3) is 5.52 Å². The van der Waals surface area contributed by atoms with Gasteiger partial charge in [0.15, 0.2) is 0 Å². The van der Waals surface area contributed by atoms with Gasteiger partial charge in [0.2, 0.25) is 0 Å². The SMILES string of the molecule is O=c1c2ccnn2ccn1Cc1ccc(Cl)c([N+](=O)[O-])c1. The predicted octanol–water partition coefficient (Wildman–Crippen LogP) is 2.11. The molecule has 0 spiro atoms. The lowest BCUT2D eigenvalue weighted by Crippen LogP contribution is -2.21. The summed E-state index contributed by atoms with van der Waals surface area (Å²) in [6, 6.07) is 6.10. The zero-order valence-electron chi connectivity index (χ0n) is 10.6. The van der Waals surface area contributed by atoms with Crippen molar-refractivity contribution >= 4 is 22.8 Å². The van der Waals surface area contributed by atoms with Gasteiger partial charge in [0, 0.05) is 18.5 Å². The molecule has 21 heavy (non-hydrogen) atoms. The Morgan fingerprint density at radius 2 is 2.10 bits per heavy atom. The van der Waals surface area contributed by atoms with Crippen molar-refractivity contribution in [3.63, 3.8) is 0 Å². The third-order valence-corrected chi connectivity index (χ3v) is 3.42. The summed E-state index contributed by atoms with van der Waals surface area (Å²) < 4.78 is 2.94. The van der Waals surface area contributed by atoms with Gasteiger partial charge in [-0.3, -0.25) is 14.9 Å². The summed E-state index contributed by atoms with van der Waals surface area (Å²) in [6.45, 7) is 0.221. The van der Waals surface area contributed by atoms with Gasteiger partial charge in [0.05, 0.1) is 17.7 Å². The Labute approximate surface area is 123 Å². The predicted molar refractivity (Wildman–Crippen MR) is 76.7 cm³/mol. The van der Waals surface area contributed by atoms with Crippen molar-refractivity contribution in [1.29, 1.82) is 0 Å². The van der Waals surface area contributed by atoms with Crippen molar-refractivity contribution < 1.29 is 4.92 Å². The Morgan fingerprint density at radius 1 is 1.29 bits per heavy atom. The molecule has 106 valence electrons. The summed E-state index contributed by atoms with van der Waals surface area (Å²) in [5.41, 5.74) is 0.679. The van der Waals surface area contributed by atoms with Crippen LogP contribution in [-0.4, -0.2) is 19.1 Å². The summed E-state index contributed by atoms with van der Waals surface area (Å²) >= 11 is 5.77. The minimum absolute atomic E-state index is 0.0716. The van der Waals surface area contributed by atoms with Crippen molar-refractivity contribution in [2.75, 3.05) is 0 Å². The second-order valence-electron chi connectivity index (χ2n) is 4.44. The number of hydrogen-bond acceptors (Lipinski definition) is 4. The highest BCUT2D eigenvalue weighted by Crippen LogP contribution is 2.25. The standard InChI is InChI=1S/C13H9ClN4O3/c14-10-2-1-9(7-12(10)18(20)21)8-16-5-6-17-11(13(16)19)3-4-15-17/h1-7H,8H2. The lowest BCUT2D eigenvalue weighted by atomic mass is 10.2. The van der Waals surface area contributed by atoms with E-state index in [1.165, 1.54) is 27.4 Å². The molecule has 0 aliphatic heterocycles. The van der Waals surface area contributed by atoms with Gasteiger partial charge in [-0.1, -0.05) is 17.7 Å². The molecule has 2 heterocycles. The molecule has 0 fully saturated rings. The zero-order valence-corrected chi connectivity index (χ0v) is 11.4. The Kier molecular flexibility index (Phi) is 3.19. The summed E-state index contributed by atoms with van der Waals surface area (Å²) in [5.74, 6) is 0. The van der Waals surface area contributed by atoms with E-state index in [-0.39, 0.29) is 22.8 Å². The molecule has 0 bridgehead atoms. The maximum absolute atomic E-state index is 12.2. The molecule has 1 aromatic carbocycles. The highest BCUT2D eigenvalue weighted by Gasteiger charge is 2.13. The molecule has 2 aromatic heterocycles. The number of nitro benzene ring substituents is 1. The van der Waals surface area contributed by atoms with Gasteiger partial charge < -0.3 is 4.57 Å². The molecule has 3 rings (SSSR count). The molecule has 8 heteroatoms. The number of rotatable bonds is 3. The zero-order chi connectivity index (χ0) is 15.0. The van der Waals surface area contributed by atoms with E-state index in [1.54, 1.807) is 24.5 Å². The normalized spacial score (nSPS) is 10.9. The van der Waals surface area contributed by atoms with E-state index in [9.17, 15) is 14.9 Å². The molecular formula is C13H9ClN4O3. The third-order valence-electron chi connectivity index (χ3n) is 3.10. The van der Waals surface area contributed by atoms with E-state index in [4.69, 9.17) is 11.6 Å². The average Bonchev–Trinajstić information content (AvgIpc) is 2.93. The second kappa shape index (κ2) is 5.02. The van der Waals surface area contributed by atoms with Crippen molar-refractivity contribution in [3.8, 4) is 0 Å². The van der Waals surface area contributed by atoms with E-state index in [2.05, 4.69) is 5.10 Å². The van der Waals surface area contributed by atoms with Gasteiger partial charge >= 0.3 is 0 Å². The maximum Gasteiger partial charge on any atom is 0.288 e. The fraction of sp³-hybridized carbons (Fsp3) is 0.0769. The average molecular weight is 305 g/mol. The summed E-state index contributed by atoms with van der Waals surface area (Å²) in [4.78, 5) is 22.5. The second-order valence-corrected chi connectivity index (χ2v) is 4.84. The van der Waals surface area contributed by atoms with Crippen LogP contribution in [0.5, 0.6) is 0 Å². The Bertz CT molecular complexity index is 900. The van der Waals surface area contributed by atoms with E-state index in [0.29, 0.717) is 11.1 Å². The molecule has 0 aliphatic carbocycles. The van der Waals surface area contributed by atoms with Crippen LogP contribution in [0.15, 0.2) is 47.7 Å². The molecule has 0 saturated carbocycles. The third kappa shape index (κ3) is 2.38. The maximum atomic E-state index is 12.2. The molecule has 7 nitrogen and oxygen atoms in total. The molecule has 0 N–H and O–H groups in total. The van der Waals surface area contributed by atoms with Gasteiger partial charge in [0.1, 0.15) is 10.5 Å². The monoisotopic (exact) mass is 304 g/mol. The van der Waals surface area contributed by atoms with Crippen LogP contribution in [0.4, 0.5) is 5.69 Å². The van der Waals surface area contributed by atoms with Crippen molar-refractivity contribution in [3.05, 3.63) is 73.9 Å². The number of nitro groups is 1. The van der Waals surface area contributed by atoms with Crippen LogP contribution in [0, 0.1) is 10.1 Å². The number of hydrogen-bond donors (Lipinski definition) is 0. The fourth-order valence-corrected chi connectivity index (χ4v) is 2.27. The van der Waals surface area contributed by atoms with Gasteiger partial charge in [-0.25, -0.2) is 4.52 Å². The Balaban J connectivity index is 2.02. The largest absolute Gasteiger partial charge is 0.308 e. The van der Waals surface area contributed by atoms with Gasteiger partial charge in [-0.05, 0) is 17.7 Å². The molecule has 0 amide bonds. The van der Waals surface area contributed by atoms with Crippen molar-refractivity contribution in [1.82, 2.24) is 14.2 Å². The molecule has 0 unspecified atom stereocenters. The Morgan fingerprint density at radius 3 is 2.86 bits per heavy atom. The quantitative estimate of drug-likeness (QED) is 0.548. The van der Waals surface area contributed by atoms with Crippen molar-refractivity contribution in [2.24, 2.45) is 0 Å². The first-order chi connectivity index (χ1) is 10.1. The molecule has 0 saturated heterocycles. The Hall–Kier alpha value is -2.67. The topological polar surface area (TPSA) is 82.4 Å². The summed E-state index contributed by atoms with van der Waals surface area (Å²) in [6.07, 6.45) is 4.78. The van der Waals surface area contributed by atoms with Crippen LogP contribution < -0.4 is 5.56 Å². The minimum atomic E-state index is -0.547. The van der Waals surface area contributed by atoms with E-state index in [1.807, 2.05) is 0 Å². The molecular weight excluding hydrogens is 296 g/mol. The lowest BCUT2D eigenvalue weighted by molar-refractivity contribution is -0.384. The molecule has 0 aliphatic rings. The number of nitrogens with zero attached hydrogens (tertiary/aromatic N) is 4. The van der Waals surface area contributed by atoms with E-state index < -0.39 is 4.92 Å². The van der Waals surface area contributed by atoms with Crippen LogP contribution >= 0.6 is 11.6 Å². The van der Waals surface area contributed by atoms with Crippen LogP contribution in [0.2, 0.25) is 5.02 Å². The van der Waals surface area contributed by atoms with Crippen LogP contribution in [0.1, 0.15) is 5.56 Å². The van der Waals surface area contributed by atoms with Crippen LogP contribution in [-0.2, 0) is 6.54 Å². The van der Waals surface area contributed by atoms with E-state index in [0.717, 1.165) is 0 Å². The highest BCUT2D eigenvalue weighted by atomic mass is 35.5. The van der Waals surface area contributed by atoms with E-state index >= 15 is 0 Å². The first-order valence-corrected chi connectivity index (χ1v) is 6.39. The lowest BCUT2D eigenvalue weighted by Gasteiger charge is -2.06. The number of fused-ring (bicyclic) bond motifs is 1. The van der Waals surface area contributed by atoms with Gasteiger partial charge in [-0.2, -0.15) is 5.10 Å². The highest BCUT2D eigenvalue weighted by molar-refractivity contribution is 6.32. The molecule has 3 aromatic rings. The molecule has 0 atom stereocenters. The van der Waals surface area contributed by atoms with Gasteiger partial charge in [-0.15, -0.1) is 0 Å².